The van der Waals surface area contributed by atoms with Gasteiger partial charge in [-0.1, -0.05) is 24.3 Å². The molecule has 1 atom stereocenters. The summed E-state index contributed by atoms with van der Waals surface area (Å²) < 4.78 is 5.26. The highest BCUT2D eigenvalue weighted by Gasteiger charge is 2.38. The third kappa shape index (κ3) is 3.05. The van der Waals surface area contributed by atoms with E-state index in [1.807, 2.05) is 41.3 Å². The van der Waals surface area contributed by atoms with E-state index in [0.29, 0.717) is 25.4 Å². The summed E-state index contributed by atoms with van der Waals surface area (Å²) in [5.41, 5.74) is 4.32. The standard InChI is InChI=1S/C23H23N3O3/c1-29-17-6-4-5-16(12-17)26-13-15(11-22(26)27)23(28)25-10-9-21-19(14-25)18-7-2-3-8-20(18)24-21/h2-8,12,15,24H,9-11,13-14H2,1H3. The monoisotopic (exact) mass is 389 g/mol. The van der Waals surface area contributed by atoms with Crippen molar-refractivity contribution in [3.63, 3.8) is 0 Å². The van der Waals surface area contributed by atoms with Crippen LogP contribution in [0.15, 0.2) is 48.5 Å². The third-order valence-electron chi connectivity index (χ3n) is 6.03. The number of benzene rings is 2. The van der Waals surface area contributed by atoms with Crippen molar-refractivity contribution in [2.75, 3.05) is 25.1 Å². The molecule has 29 heavy (non-hydrogen) atoms. The molecule has 3 heterocycles. The molecule has 148 valence electrons. The van der Waals surface area contributed by atoms with Crippen LogP contribution in [0.3, 0.4) is 0 Å². The second-order valence-electron chi connectivity index (χ2n) is 7.74. The molecular formula is C23H23N3O3. The Morgan fingerprint density at radius 1 is 1.17 bits per heavy atom. The predicted octanol–water partition coefficient (Wildman–Crippen LogP) is 3.11. The summed E-state index contributed by atoms with van der Waals surface area (Å²) in [5, 5.41) is 1.18. The molecule has 2 aliphatic rings. The minimum Gasteiger partial charge on any atom is -0.497 e. The SMILES string of the molecule is COc1cccc(N2CC(C(=O)N3CCc4[nH]c5ccccc5c4C3)CC2=O)c1. The number of nitrogens with one attached hydrogen (secondary N) is 1. The Kier molecular flexibility index (Phi) is 4.27. The van der Waals surface area contributed by atoms with E-state index in [-0.39, 0.29) is 24.2 Å². The van der Waals surface area contributed by atoms with E-state index in [1.54, 1.807) is 12.0 Å². The van der Waals surface area contributed by atoms with Crippen LogP contribution in [-0.4, -0.2) is 41.9 Å². The van der Waals surface area contributed by atoms with Crippen molar-refractivity contribution in [3.8, 4) is 5.75 Å². The van der Waals surface area contributed by atoms with E-state index < -0.39 is 0 Å². The van der Waals surface area contributed by atoms with Crippen LogP contribution >= 0.6 is 0 Å². The lowest BCUT2D eigenvalue weighted by molar-refractivity contribution is -0.136. The molecule has 0 spiro atoms. The molecule has 3 aromatic rings. The van der Waals surface area contributed by atoms with Crippen LogP contribution in [0.25, 0.3) is 10.9 Å². The number of carbonyl (C=O) groups is 2. The van der Waals surface area contributed by atoms with Crippen LogP contribution in [0.4, 0.5) is 5.69 Å². The highest BCUT2D eigenvalue weighted by molar-refractivity contribution is 6.00. The first-order chi connectivity index (χ1) is 14.1. The van der Waals surface area contributed by atoms with Gasteiger partial charge in [0.2, 0.25) is 11.8 Å². The number of H-pyrrole nitrogens is 1. The summed E-state index contributed by atoms with van der Waals surface area (Å²) in [6, 6.07) is 15.6. The number of aromatic amines is 1. The minimum absolute atomic E-state index is 0.0126. The summed E-state index contributed by atoms with van der Waals surface area (Å²) >= 11 is 0. The molecule has 0 bridgehead atoms. The topological polar surface area (TPSA) is 65.6 Å². The van der Waals surface area contributed by atoms with Gasteiger partial charge in [0.15, 0.2) is 0 Å². The second-order valence-corrected chi connectivity index (χ2v) is 7.74. The van der Waals surface area contributed by atoms with Crippen molar-refractivity contribution in [1.29, 1.82) is 0 Å². The number of hydrogen-bond acceptors (Lipinski definition) is 3. The van der Waals surface area contributed by atoms with E-state index >= 15 is 0 Å². The lowest BCUT2D eigenvalue weighted by Crippen LogP contribution is -2.40. The first-order valence-corrected chi connectivity index (χ1v) is 9.95. The van der Waals surface area contributed by atoms with Crippen molar-refractivity contribution >= 4 is 28.4 Å². The number of carbonyl (C=O) groups excluding carboxylic acids is 2. The molecule has 1 unspecified atom stereocenters. The Hall–Kier alpha value is -3.28. The molecule has 0 saturated carbocycles. The highest BCUT2D eigenvalue weighted by Crippen LogP contribution is 2.32. The van der Waals surface area contributed by atoms with Crippen LogP contribution < -0.4 is 9.64 Å². The summed E-state index contributed by atoms with van der Waals surface area (Å²) in [6.07, 6.45) is 1.07. The number of aromatic nitrogens is 1. The number of amides is 2. The zero-order chi connectivity index (χ0) is 20.0. The Bertz CT molecular complexity index is 1100. The number of nitrogens with zero attached hydrogens (tertiary/aromatic N) is 2. The molecule has 6 heteroatoms. The van der Waals surface area contributed by atoms with Crippen molar-refractivity contribution in [2.24, 2.45) is 5.92 Å². The summed E-state index contributed by atoms with van der Waals surface area (Å²) in [7, 11) is 1.60. The van der Waals surface area contributed by atoms with Gasteiger partial charge in [-0.2, -0.15) is 0 Å². The number of ether oxygens (including phenoxy) is 1. The lowest BCUT2D eigenvalue weighted by atomic mass is 10.0. The molecule has 2 aromatic carbocycles. The fourth-order valence-corrected chi connectivity index (χ4v) is 4.51. The van der Waals surface area contributed by atoms with Gasteiger partial charge in [0, 0.05) is 66.4 Å². The number of para-hydroxylation sites is 1. The molecule has 5 rings (SSSR count). The van der Waals surface area contributed by atoms with Gasteiger partial charge in [-0.15, -0.1) is 0 Å². The molecule has 1 fully saturated rings. The van der Waals surface area contributed by atoms with E-state index in [1.165, 1.54) is 16.6 Å². The fourth-order valence-electron chi connectivity index (χ4n) is 4.51. The zero-order valence-corrected chi connectivity index (χ0v) is 16.4. The smallest absolute Gasteiger partial charge is 0.228 e. The Labute approximate surface area is 169 Å². The Balaban J connectivity index is 1.34. The maximum atomic E-state index is 13.2. The van der Waals surface area contributed by atoms with Gasteiger partial charge in [0.25, 0.3) is 0 Å². The Morgan fingerprint density at radius 3 is 2.90 bits per heavy atom. The highest BCUT2D eigenvalue weighted by atomic mass is 16.5. The van der Waals surface area contributed by atoms with Crippen molar-refractivity contribution in [3.05, 3.63) is 59.8 Å². The molecule has 2 amide bonds. The van der Waals surface area contributed by atoms with E-state index in [4.69, 9.17) is 4.74 Å². The van der Waals surface area contributed by atoms with Crippen LogP contribution in [0, 0.1) is 5.92 Å². The van der Waals surface area contributed by atoms with E-state index in [0.717, 1.165) is 17.6 Å². The number of anilines is 1. The molecule has 2 aliphatic heterocycles. The summed E-state index contributed by atoms with van der Waals surface area (Å²) in [5.74, 6) is 0.453. The van der Waals surface area contributed by atoms with Gasteiger partial charge in [0.1, 0.15) is 5.75 Å². The number of fused-ring (bicyclic) bond motifs is 3. The van der Waals surface area contributed by atoms with Gasteiger partial charge >= 0.3 is 0 Å². The van der Waals surface area contributed by atoms with Gasteiger partial charge in [-0.3, -0.25) is 9.59 Å². The van der Waals surface area contributed by atoms with Crippen LogP contribution in [0.5, 0.6) is 5.75 Å². The summed E-state index contributed by atoms with van der Waals surface area (Å²) in [4.78, 5) is 32.9. The summed E-state index contributed by atoms with van der Waals surface area (Å²) in [6.45, 7) is 1.70. The lowest BCUT2D eigenvalue weighted by Gasteiger charge is -2.29. The first-order valence-electron chi connectivity index (χ1n) is 9.95. The molecule has 0 radical (unpaired) electrons. The first kappa shape index (κ1) is 17.8. The number of hydrogen-bond donors (Lipinski definition) is 1. The molecule has 1 saturated heterocycles. The third-order valence-corrected chi connectivity index (χ3v) is 6.03. The van der Waals surface area contributed by atoms with Crippen molar-refractivity contribution in [2.45, 2.75) is 19.4 Å². The largest absolute Gasteiger partial charge is 0.497 e. The molecule has 1 N–H and O–H groups in total. The number of methoxy groups -OCH3 is 1. The van der Waals surface area contributed by atoms with E-state index in [2.05, 4.69) is 17.1 Å². The maximum absolute atomic E-state index is 13.2. The fraction of sp³-hybridized carbons (Fsp3) is 0.304. The molecular weight excluding hydrogens is 366 g/mol. The predicted molar refractivity (Wildman–Crippen MR) is 111 cm³/mol. The average molecular weight is 389 g/mol. The van der Waals surface area contributed by atoms with Crippen LogP contribution in [0.1, 0.15) is 17.7 Å². The van der Waals surface area contributed by atoms with Crippen LogP contribution in [0.2, 0.25) is 0 Å². The quantitative estimate of drug-likeness (QED) is 0.749. The molecule has 1 aromatic heterocycles. The average Bonchev–Trinajstić information content (AvgIpc) is 3.33. The zero-order valence-electron chi connectivity index (χ0n) is 16.4. The van der Waals surface area contributed by atoms with Crippen molar-refractivity contribution in [1.82, 2.24) is 9.88 Å². The van der Waals surface area contributed by atoms with E-state index in [9.17, 15) is 9.59 Å². The van der Waals surface area contributed by atoms with Gasteiger partial charge in [-0.05, 0) is 18.2 Å². The number of rotatable bonds is 3. The van der Waals surface area contributed by atoms with Gasteiger partial charge in [-0.25, -0.2) is 0 Å². The minimum atomic E-state index is -0.305. The molecule has 0 aliphatic carbocycles. The Morgan fingerprint density at radius 2 is 2.03 bits per heavy atom. The molecule has 6 nitrogen and oxygen atoms in total. The normalized spacial score (nSPS) is 18.9. The second kappa shape index (κ2) is 6.95. The van der Waals surface area contributed by atoms with Gasteiger partial charge in [0.05, 0.1) is 13.0 Å². The maximum Gasteiger partial charge on any atom is 0.228 e. The van der Waals surface area contributed by atoms with Gasteiger partial charge < -0.3 is 19.5 Å². The van der Waals surface area contributed by atoms with Crippen molar-refractivity contribution < 1.29 is 14.3 Å². The van der Waals surface area contributed by atoms with Crippen LogP contribution in [-0.2, 0) is 22.6 Å².